The second-order valence-electron chi connectivity index (χ2n) is 4.85. The van der Waals surface area contributed by atoms with Gasteiger partial charge in [-0.25, -0.2) is 9.59 Å². The highest BCUT2D eigenvalue weighted by molar-refractivity contribution is 5.87. The van der Waals surface area contributed by atoms with Crippen LogP contribution in [0.1, 0.15) is 25.0 Å². The summed E-state index contributed by atoms with van der Waals surface area (Å²) >= 11 is 0. The lowest BCUT2D eigenvalue weighted by Gasteiger charge is -2.39. The fourth-order valence-electron chi connectivity index (χ4n) is 2.03. The highest BCUT2D eigenvalue weighted by atomic mass is 16.4. The first kappa shape index (κ1) is 13.3. The number of urea groups is 1. The number of carboxylic acids is 1. The number of aromatic nitrogens is 1. The molecule has 1 aromatic rings. The van der Waals surface area contributed by atoms with Crippen LogP contribution in [0.2, 0.25) is 0 Å². The molecule has 6 heteroatoms. The third-order valence-corrected chi connectivity index (χ3v) is 3.43. The highest BCUT2D eigenvalue weighted by Gasteiger charge is 2.46. The molecular formula is C13H17N3O3. The Balaban J connectivity index is 1.94. The quantitative estimate of drug-likeness (QED) is 0.856. The number of carboxylic acid groups (broad SMARTS) is 1. The third kappa shape index (κ3) is 2.83. The van der Waals surface area contributed by atoms with Gasteiger partial charge in [0.1, 0.15) is 5.54 Å². The predicted molar refractivity (Wildman–Crippen MR) is 68.5 cm³/mol. The van der Waals surface area contributed by atoms with E-state index in [4.69, 9.17) is 5.11 Å². The number of aliphatic carboxylic acids is 1. The van der Waals surface area contributed by atoms with Crippen molar-refractivity contribution in [3.8, 4) is 0 Å². The molecular weight excluding hydrogens is 246 g/mol. The molecule has 6 nitrogen and oxygen atoms in total. The largest absolute Gasteiger partial charge is 0.480 e. The molecule has 2 amide bonds. The van der Waals surface area contributed by atoms with Crippen LogP contribution in [0.5, 0.6) is 0 Å². The molecule has 1 heterocycles. The van der Waals surface area contributed by atoms with E-state index in [1.807, 2.05) is 12.1 Å². The van der Waals surface area contributed by atoms with E-state index in [2.05, 4.69) is 10.3 Å². The molecule has 0 radical (unpaired) electrons. The van der Waals surface area contributed by atoms with Gasteiger partial charge in [-0.2, -0.15) is 0 Å². The highest BCUT2D eigenvalue weighted by Crippen LogP contribution is 2.32. The molecule has 2 N–H and O–H groups in total. The SMILES string of the molecule is CN(Cc1ccccn1)C(=O)NC1(C(=O)O)CCC1. The molecule has 0 aliphatic heterocycles. The lowest BCUT2D eigenvalue weighted by molar-refractivity contribution is -0.148. The Morgan fingerprint density at radius 3 is 2.68 bits per heavy atom. The molecule has 1 saturated carbocycles. The molecule has 0 aromatic carbocycles. The number of nitrogens with one attached hydrogen (secondary N) is 1. The van der Waals surface area contributed by atoms with Crippen molar-refractivity contribution in [2.75, 3.05) is 7.05 Å². The first-order chi connectivity index (χ1) is 9.03. The summed E-state index contributed by atoms with van der Waals surface area (Å²) in [5, 5.41) is 11.8. The molecule has 0 atom stereocenters. The van der Waals surface area contributed by atoms with E-state index in [0.717, 1.165) is 12.1 Å². The summed E-state index contributed by atoms with van der Waals surface area (Å²) < 4.78 is 0. The van der Waals surface area contributed by atoms with Crippen molar-refractivity contribution in [2.24, 2.45) is 0 Å². The Bertz CT molecular complexity index is 471. The molecule has 0 unspecified atom stereocenters. The molecule has 102 valence electrons. The van der Waals surface area contributed by atoms with Crippen LogP contribution in [0.4, 0.5) is 4.79 Å². The molecule has 0 bridgehead atoms. The van der Waals surface area contributed by atoms with Gasteiger partial charge in [-0.1, -0.05) is 6.07 Å². The zero-order chi connectivity index (χ0) is 13.9. The zero-order valence-electron chi connectivity index (χ0n) is 10.8. The van der Waals surface area contributed by atoms with Crippen molar-refractivity contribution in [1.82, 2.24) is 15.2 Å². The summed E-state index contributed by atoms with van der Waals surface area (Å²) in [5.41, 5.74) is -0.312. The van der Waals surface area contributed by atoms with Crippen molar-refractivity contribution in [1.29, 1.82) is 0 Å². The van der Waals surface area contributed by atoms with Gasteiger partial charge in [0.2, 0.25) is 0 Å². The summed E-state index contributed by atoms with van der Waals surface area (Å²) in [6, 6.07) is 5.09. The minimum Gasteiger partial charge on any atom is -0.480 e. The number of carbonyl (C=O) groups excluding carboxylic acids is 1. The first-order valence-electron chi connectivity index (χ1n) is 6.20. The normalized spacial score (nSPS) is 16.3. The Morgan fingerprint density at radius 2 is 2.21 bits per heavy atom. The average Bonchev–Trinajstić information content (AvgIpc) is 2.34. The molecule has 0 saturated heterocycles. The van der Waals surface area contributed by atoms with Crippen LogP contribution in [0, 0.1) is 0 Å². The number of carbonyl (C=O) groups is 2. The van der Waals surface area contributed by atoms with Crippen LogP contribution in [0.15, 0.2) is 24.4 Å². The van der Waals surface area contributed by atoms with E-state index in [1.54, 1.807) is 19.3 Å². The summed E-state index contributed by atoms with van der Waals surface area (Å²) in [6.45, 7) is 0.350. The van der Waals surface area contributed by atoms with Crippen molar-refractivity contribution in [3.05, 3.63) is 30.1 Å². The van der Waals surface area contributed by atoms with Crippen LogP contribution in [0.3, 0.4) is 0 Å². The number of pyridine rings is 1. The van der Waals surface area contributed by atoms with Crippen molar-refractivity contribution >= 4 is 12.0 Å². The van der Waals surface area contributed by atoms with E-state index in [-0.39, 0.29) is 6.03 Å². The Kier molecular flexibility index (Phi) is 3.69. The smallest absolute Gasteiger partial charge is 0.329 e. The lowest BCUT2D eigenvalue weighted by atomic mass is 9.77. The number of amides is 2. The minimum atomic E-state index is -1.07. The lowest BCUT2D eigenvalue weighted by Crippen LogP contribution is -2.61. The molecule has 19 heavy (non-hydrogen) atoms. The maximum atomic E-state index is 12.0. The summed E-state index contributed by atoms with van der Waals surface area (Å²) in [7, 11) is 1.62. The van der Waals surface area contributed by atoms with Crippen molar-refractivity contribution in [2.45, 2.75) is 31.3 Å². The maximum absolute atomic E-state index is 12.0. The topological polar surface area (TPSA) is 82.5 Å². The van der Waals surface area contributed by atoms with Crippen LogP contribution in [-0.4, -0.2) is 39.6 Å². The Labute approximate surface area is 111 Å². The molecule has 1 aromatic heterocycles. The summed E-state index contributed by atoms with van der Waals surface area (Å²) in [4.78, 5) is 28.7. The summed E-state index contributed by atoms with van der Waals surface area (Å²) in [5.74, 6) is -0.960. The number of hydrogen-bond acceptors (Lipinski definition) is 3. The van der Waals surface area contributed by atoms with E-state index < -0.39 is 11.5 Å². The van der Waals surface area contributed by atoms with Crippen LogP contribution in [0.25, 0.3) is 0 Å². The number of rotatable bonds is 4. The van der Waals surface area contributed by atoms with Crippen LogP contribution >= 0.6 is 0 Å². The fourth-order valence-corrected chi connectivity index (χ4v) is 2.03. The van der Waals surface area contributed by atoms with Gasteiger partial charge in [0.05, 0.1) is 12.2 Å². The molecule has 0 spiro atoms. The Hall–Kier alpha value is -2.11. The number of nitrogens with zero attached hydrogens (tertiary/aromatic N) is 2. The van der Waals surface area contributed by atoms with E-state index in [9.17, 15) is 9.59 Å². The fraction of sp³-hybridized carbons (Fsp3) is 0.462. The maximum Gasteiger partial charge on any atom is 0.329 e. The zero-order valence-corrected chi connectivity index (χ0v) is 10.8. The standard InChI is InChI=1S/C13H17N3O3/c1-16(9-10-5-2-3-8-14-10)12(19)15-13(11(17)18)6-4-7-13/h2-3,5,8H,4,6-7,9H2,1H3,(H,15,19)(H,17,18). The monoisotopic (exact) mass is 263 g/mol. The van der Waals surface area contributed by atoms with E-state index in [0.29, 0.717) is 19.4 Å². The molecule has 1 aliphatic rings. The van der Waals surface area contributed by atoms with Gasteiger partial charge in [0.15, 0.2) is 0 Å². The molecule has 2 rings (SSSR count). The van der Waals surface area contributed by atoms with Gasteiger partial charge in [0.25, 0.3) is 0 Å². The van der Waals surface area contributed by atoms with E-state index >= 15 is 0 Å². The van der Waals surface area contributed by atoms with Gasteiger partial charge in [-0.05, 0) is 31.4 Å². The van der Waals surface area contributed by atoms with Crippen molar-refractivity contribution in [3.63, 3.8) is 0 Å². The van der Waals surface area contributed by atoms with Gasteiger partial charge in [0, 0.05) is 13.2 Å². The Morgan fingerprint density at radius 1 is 1.47 bits per heavy atom. The molecule has 1 aliphatic carbocycles. The van der Waals surface area contributed by atoms with E-state index in [1.165, 1.54) is 4.90 Å². The molecule has 1 fully saturated rings. The van der Waals surface area contributed by atoms with Crippen LogP contribution in [-0.2, 0) is 11.3 Å². The van der Waals surface area contributed by atoms with Crippen LogP contribution < -0.4 is 5.32 Å². The van der Waals surface area contributed by atoms with Gasteiger partial charge in [-0.3, -0.25) is 4.98 Å². The minimum absolute atomic E-state index is 0.350. The second-order valence-corrected chi connectivity index (χ2v) is 4.85. The second kappa shape index (κ2) is 5.26. The first-order valence-corrected chi connectivity index (χ1v) is 6.20. The van der Waals surface area contributed by atoms with Gasteiger partial charge in [-0.15, -0.1) is 0 Å². The summed E-state index contributed by atoms with van der Waals surface area (Å²) in [6.07, 6.45) is 3.47. The van der Waals surface area contributed by atoms with Gasteiger partial charge >= 0.3 is 12.0 Å². The number of hydrogen-bond donors (Lipinski definition) is 2. The average molecular weight is 263 g/mol. The predicted octanol–water partition coefficient (Wildman–Crippen LogP) is 1.23. The third-order valence-electron chi connectivity index (χ3n) is 3.43. The van der Waals surface area contributed by atoms with Gasteiger partial charge < -0.3 is 15.3 Å². The van der Waals surface area contributed by atoms with Crippen molar-refractivity contribution < 1.29 is 14.7 Å².